The van der Waals surface area contributed by atoms with E-state index in [2.05, 4.69) is 10.7 Å². The number of carbonyl (C=O) groups excluding carboxylic acids is 1. The number of rotatable bonds is 13. The average Bonchev–Trinajstić information content (AvgIpc) is 3.29. The van der Waals surface area contributed by atoms with Crippen LogP contribution in [0.25, 0.3) is 0 Å². The summed E-state index contributed by atoms with van der Waals surface area (Å²) in [7, 11) is 0. The Morgan fingerprint density at radius 3 is 2.18 bits per heavy atom. The number of thioether (sulfide) groups is 1. The summed E-state index contributed by atoms with van der Waals surface area (Å²) in [5, 5.41) is 24.3. The Morgan fingerprint density at radius 1 is 0.939 bits per heavy atom. The summed E-state index contributed by atoms with van der Waals surface area (Å²) < 4.78 is 0. The summed E-state index contributed by atoms with van der Waals surface area (Å²) in [6, 6.07) is 17.3. The van der Waals surface area contributed by atoms with Gasteiger partial charge in [-0.25, -0.2) is 5.43 Å². The van der Waals surface area contributed by atoms with Crippen LogP contribution in [0.4, 0.5) is 0 Å². The van der Waals surface area contributed by atoms with Gasteiger partial charge < -0.3 is 10.2 Å². The lowest BCUT2D eigenvalue weighted by Gasteiger charge is -2.29. The van der Waals surface area contributed by atoms with E-state index < -0.39 is 29.4 Å². The molecule has 1 aliphatic rings. The number of benzene rings is 2. The van der Waals surface area contributed by atoms with Crippen LogP contribution in [0.15, 0.2) is 72.3 Å². The number of aryl methyl sites for hydroxylation is 1. The fourth-order valence-electron chi connectivity index (χ4n) is 3.56. The maximum absolute atomic E-state index is 13.5. The first kappa shape index (κ1) is 24.5. The van der Waals surface area contributed by atoms with Gasteiger partial charge in [0.05, 0.1) is 6.04 Å². The Balaban J connectivity index is 1.75. The average molecular weight is 470 g/mol. The van der Waals surface area contributed by atoms with Gasteiger partial charge in [0.1, 0.15) is 12.6 Å². The molecule has 0 radical (unpaired) electrons. The third-order valence-corrected chi connectivity index (χ3v) is 6.22. The molecule has 0 saturated heterocycles. The molecule has 0 bridgehead atoms. The third kappa shape index (κ3) is 7.45. The van der Waals surface area contributed by atoms with Gasteiger partial charge in [0.2, 0.25) is 0 Å². The van der Waals surface area contributed by atoms with Crippen molar-refractivity contribution in [2.75, 3.05) is 6.54 Å². The third-order valence-electron chi connectivity index (χ3n) is 5.23. The van der Waals surface area contributed by atoms with E-state index >= 15 is 0 Å². The predicted octanol–water partition coefficient (Wildman–Crippen LogP) is 2.28. The summed E-state index contributed by atoms with van der Waals surface area (Å²) >= 11 is 1.25. The number of Topliss-reactive ketones (excluding diaryl/α,β-unsaturated/α-hetero) is 1. The molecule has 0 amide bonds. The minimum absolute atomic E-state index is 0.224. The van der Waals surface area contributed by atoms with Gasteiger partial charge in [0.15, 0.2) is 11.2 Å². The monoisotopic (exact) mass is 469 g/mol. The number of carboxylic acid groups (broad SMARTS) is 2. The van der Waals surface area contributed by atoms with Crippen molar-refractivity contribution in [1.82, 2.24) is 15.8 Å². The van der Waals surface area contributed by atoms with Crippen molar-refractivity contribution < 1.29 is 24.6 Å². The van der Waals surface area contributed by atoms with E-state index in [4.69, 9.17) is 5.11 Å². The standard InChI is InChI=1S/C24H27N3O5S/c28-21(29)16-25-27-13-14-33-23(27)22(30)20(15-18-9-5-2-6-10-18)26-19(24(31)32)12-11-17-7-3-1-4-8-17/h1-10,13-14,19-20,23,25-26H,11-12,15-16H2,(H,28,29)(H,31,32)/t19-,20-,23?/m0/s1. The number of carbonyl (C=O) groups is 3. The number of carboxylic acids is 2. The van der Waals surface area contributed by atoms with Gasteiger partial charge in [-0.3, -0.25) is 24.7 Å². The minimum Gasteiger partial charge on any atom is -0.480 e. The molecule has 33 heavy (non-hydrogen) atoms. The van der Waals surface area contributed by atoms with E-state index in [1.165, 1.54) is 16.8 Å². The van der Waals surface area contributed by atoms with Crippen LogP contribution in [0.5, 0.6) is 0 Å². The topological polar surface area (TPSA) is 119 Å². The molecule has 2 aromatic carbocycles. The Kier molecular flexibility index (Phi) is 9.05. The first-order valence-electron chi connectivity index (χ1n) is 10.6. The number of hydrogen-bond acceptors (Lipinski definition) is 7. The fourth-order valence-corrected chi connectivity index (χ4v) is 4.48. The number of hydrazine groups is 1. The maximum Gasteiger partial charge on any atom is 0.320 e. The molecule has 0 fully saturated rings. The molecule has 174 valence electrons. The molecule has 1 heterocycles. The van der Waals surface area contributed by atoms with E-state index in [0.717, 1.165) is 11.1 Å². The maximum atomic E-state index is 13.5. The smallest absolute Gasteiger partial charge is 0.320 e. The Bertz CT molecular complexity index is 971. The lowest BCUT2D eigenvalue weighted by atomic mass is 9.99. The van der Waals surface area contributed by atoms with Crippen LogP contribution in [-0.2, 0) is 27.2 Å². The molecule has 9 heteroatoms. The van der Waals surface area contributed by atoms with E-state index in [1.54, 1.807) is 11.6 Å². The second-order valence-electron chi connectivity index (χ2n) is 7.64. The second kappa shape index (κ2) is 12.2. The highest BCUT2D eigenvalue weighted by molar-refractivity contribution is 8.03. The number of aliphatic carboxylic acids is 2. The molecule has 0 aromatic heterocycles. The van der Waals surface area contributed by atoms with Crippen LogP contribution in [0.2, 0.25) is 0 Å². The largest absolute Gasteiger partial charge is 0.480 e. The lowest BCUT2D eigenvalue weighted by molar-refractivity contribution is -0.140. The van der Waals surface area contributed by atoms with Crippen molar-refractivity contribution in [2.45, 2.75) is 36.7 Å². The van der Waals surface area contributed by atoms with Gasteiger partial charge in [-0.1, -0.05) is 72.4 Å². The Morgan fingerprint density at radius 2 is 1.58 bits per heavy atom. The van der Waals surface area contributed by atoms with Crippen molar-refractivity contribution >= 4 is 29.5 Å². The number of nitrogens with one attached hydrogen (secondary N) is 2. The van der Waals surface area contributed by atoms with Gasteiger partial charge >= 0.3 is 11.9 Å². The lowest BCUT2D eigenvalue weighted by Crippen LogP contribution is -2.54. The van der Waals surface area contributed by atoms with Gasteiger partial charge in [0.25, 0.3) is 0 Å². The van der Waals surface area contributed by atoms with Crippen molar-refractivity contribution in [3.63, 3.8) is 0 Å². The van der Waals surface area contributed by atoms with Crippen molar-refractivity contribution in [2.24, 2.45) is 0 Å². The zero-order chi connectivity index (χ0) is 23.6. The highest BCUT2D eigenvalue weighted by Crippen LogP contribution is 2.26. The summed E-state index contributed by atoms with van der Waals surface area (Å²) in [4.78, 5) is 36.4. The predicted molar refractivity (Wildman–Crippen MR) is 126 cm³/mol. The van der Waals surface area contributed by atoms with Crippen LogP contribution in [0, 0.1) is 0 Å². The van der Waals surface area contributed by atoms with Crippen molar-refractivity contribution in [3.8, 4) is 0 Å². The fraction of sp³-hybridized carbons (Fsp3) is 0.292. The van der Waals surface area contributed by atoms with Crippen LogP contribution < -0.4 is 10.7 Å². The van der Waals surface area contributed by atoms with Crippen molar-refractivity contribution in [1.29, 1.82) is 0 Å². The molecule has 8 nitrogen and oxygen atoms in total. The Labute approximate surface area is 196 Å². The van der Waals surface area contributed by atoms with E-state index in [0.29, 0.717) is 19.3 Å². The first-order valence-corrected chi connectivity index (χ1v) is 11.5. The second-order valence-corrected chi connectivity index (χ2v) is 8.63. The number of nitrogens with zero attached hydrogens (tertiary/aromatic N) is 1. The zero-order valence-electron chi connectivity index (χ0n) is 18.0. The molecule has 0 spiro atoms. The van der Waals surface area contributed by atoms with Crippen LogP contribution in [-0.4, -0.2) is 56.9 Å². The molecular weight excluding hydrogens is 442 g/mol. The summed E-state index contributed by atoms with van der Waals surface area (Å²) in [6.45, 7) is -0.333. The molecule has 0 saturated carbocycles. The number of hydrogen-bond donors (Lipinski definition) is 4. The van der Waals surface area contributed by atoms with E-state index in [1.807, 2.05) is 60.7 Å². The SMILES string of the molecule is O=C(O)CNN1C=CSC1C(=O)[C@H](Cc1ccccc1)N[C@@H](CCc1ccccc1)C(=O)O. The first-order chi connectivity index (χ1) is 15.9. The minimum atomic E-state index is -1.04. The van der Waals surface area contributed by atoms with E-state index in [9.17, 15) is 19.5 Å². The molecule has 2 aromatic rings. The summed E-state index contributed by atoms with van der Waals surface area (Å²) in [5.41, 5.74) is 4.64. The van der Waals surface area contributed by atoms with Gasteiger partial charge in [-0.05, 0) is 35.8 Å². The molecular formula is C24H27N3O5S. The van der Waals surface area contributed by atoms with Crippen molar-refractivity contribution in [3.05, 3.63) is 83.4 Å². The number of ketones is 1. The molecule has 1 unspecified atom stereocenters. The van der Waals surface area contributed by atoms with Gasteiger partial charge in [0, 0.05) is 6.20 Å². The van der Waals surface area contributed by atoms with Gasteiger partial charge in [-0.15, -0.1) is 0 Å². The van der Waals surface area contributed by atoms with Crippen LogP contribution >= 0.6 is 11.8 Å². The summed E-state index contributed by atoms with van der Waals surface area (Å²) in [6.07, 6.45) is 2.82. The highest BCUT2D eigenvalue weighted by atomic mass is 32.2. The molecule has 3 rings (SSSR count). The summed E-state index contributed by atoms with van der Waals surface area (Å²) in [5.74, 6) is -2.29. The molecule has 3 atom stereocenters. The van der Waals surface area contributed by atoms with Crippen LogP contribution in [0.1, 0.15) is 17.5 Å². The highest BCUT2D eigenvalue weighted by Gasteiger charge is 2.35. The van der Waals surface area contributed by atoms with Crippen LogP contribution in [0.3, 0.4) is 0 Å². The molecule has 0 aliphatic carbocycles. The zero-order valence-corrected chi connectivity index (χ0v) is 18.8. The molecule has 4 N–H and O–H groups in total. The van der Waals surface area contributed by atoms with E-state index in [-0.39, 0.29) is 12.3 Å². The van der Waals surface area contributed by atoms with Gasteiger partial charge in [-0.2, -0.15) is 0 Å². The normalized spacial score (nSPS) is 17.0. The Hall–Kier alpha value is -3.14. The quantitative estimate of drug-likeness (QED) is 0.350. The molecule has 1 aliphatic heterocycles.